The van der Waals surface area contributed by atoms with Gasteiger partial charge in [0.05, 0.1) is 0 Å². The second-order valence-electron chi connectivity index (χ2n) is 1.36. The van der Waals surface area contributed by atoms with E-state index in [1.54, 1.807) is 6.92 Å². The van der Waals surface area contributed by atoms with E-state index in [0.29, 0.717) is 5.69 Å². The van der Waals surface area contributed by atoms with Gasteiger partial charge in [0.15, 0.2) is 0 Å². The zero-order valence-corrected chi connectivity index (χ0v) is 4.87. The second kappa shape index (κ2) is 1.74. The van der Waals surface area contributed by atoms with E-state index in [-0.39, 0.29) is 5.02 Å². The largest absolute Gasteiger partial charge is 0.324 e. The van der Waals surface area contributed by atoms with Crippen molar-refractivity contribution in [3.8, 4) is 0 Å². The highest BCUT2D eigenvalue weighted by molar-refractivity contribution is 6.31. The van der Waals surface area contributed by atoms with Gasteiger partial charge in [0.1, 0.15) is 10.7 Å². The lowest BCUT2D eigenvalue weighted by atomic mass is 10.5. The first kappa shape index (κ1) is 5.56. The van der Waals surface area contributed by atoms with Gasteiger partial charge in [-0.1, -0.05) is 16.8 Å². The smallest absolute Gasteiger partial charge is 0.324 e. The van der Waals surface area contributed by atoms with E-state index in [2.05, 4.69) is 9.68 Å². The molecule has 0 radical (unpaired) electrons. The van der Waals surface area contributed by atoms with Crippen LogP contribution in [0.3, 0.4) is 0 Å². The average Bonchev–Trinajstić information content (AvgIpc) is 1.98. The maximum atomic E-state index is 12.0. The molecule has 0 bridgehead atoms. The highest BCUT2D eigenvalue weighted by Crippen LogP contribution is 2.16. The van der Waals surface area contributed by atoms with Gasteiger partial charge in [0.25, 0.3) is 0 Å². The van der Waals surface area contributed by atoms with Crippen molar-refractivity contribution in [1.82, 2.24) is 5.16 Å². The summed E-state index contributed by atoms with van der Waals surface area (Å²) in [6.45, 7) is 1.56. The molecule has 44 valence electrons. The molecular formula is C4H3ClFNO. The van der Waals surface area contributed by atoms with Crippen LogP contribution in [-0.2, 0) is 0 Å². The van der Waals surface area contributed by atoms with Crippen LogP contribution in [0, 0.1) is 12.9 Å². The Hall–Kier alpha value is -0.570. The Morgan fingerprint density at radius 3 is 2.50 bits per heavy atom. The number of aromatic nitrogens is 1. The van der Waals surface area contributed by atoms with E-state index in [9.17, 15) is 4.39 Å². The van der Waals surface area contributed by atoms with E-state index >= 15 is 0 Å². The maximum Gasteiger partial charge on any atom is 0.324 e. The fraction of sp³-hybridized carbons (Fsp3) is 0.250. The predicted molar refractivity (Wildman–Crippen MR) is 26.2 cm³/mol. The Balaban J connectivity index is 3.19. The standard InChI is InChI=1S/C4H3ClFNO/c1-2-3(5)4(6)8-7-2/h1H3. The van der Waals surface area contributed by atoms with Crippen LogP contribution in [-0.4, -0.2) is 5.16 Å². The molecule has 0 atom stereocenters. The van der Waals surface area contributed by atoms with Crippen molar-refractivity contribution < 1.29 is 8.91 Å². The van der Waals surface area contributed by atoms with E-state index in [1.165, 1.54) is 0 Å². The van der Waals surface area contributed by atoms with E-state index in [0.717, 1.165) is 0 Å². The van der Waals surface area contributed by atoms with Gasteiger partial charge in [-0.25, -0.2) is 0 Å². The van der Waals surface area contributed by atoms with Gasteiger partial charge in [0.2, 0.25) is 0 Å². The van der Waals surface area contributed by atoms with Gasteiger partial charge in [-0.3, -0.25) is 0 Å². The third kappa shape index (κ3) is 0.690. The van der Waals surface area contributed by atoms with Crippen LogP contribution in [0.1, 0.15) is 5.69 Å². The van der Waals surface area contributed by atoms with Gasteiger partial charge in [-0.15, -0.1) is 0 Å². The number of hydrogen-bond donors (Lipinski definition) is 0. The average molecular weight is 136 g/mol. The highest BCUT2D eigenvalue weighted by Gasteiger charge is 2.07. The van der Waals surface area contributed by atoms with Crippen LogP contribution < -0.4 is 0 Å². The Morgan fingerprint density at radius 2 is 2.38 bits per heavy atom. The first-order chi connectivity index (χ1) is 3.72. The zero-order chi connectivity index (χ0) is 6.15. The molecular weight excluding hydrogens is 133 g/mol. The van der Waals surface area contributed by atoms with Crippen molar-refractivity contribution in [3.05, 3.63) is 16.7 Å². The molecule has 0 aliphatic heterocycles. The molecule has 4 heteroatoms. The quantitative estimate of drug-likeness (QED) is 0.542. The summed E-state index contributed by atoms with van der Waals surface area (Å²) in [5.74, 6) is 0. The fourth-order valence-corrected chi connectivity index (χ4v) is 0.400. The van der Waals surface area contributed by atoms with Crippen molar-refractivity contribution in [2.75, 3.05) is 0 Å². The first-order valence-electron chi connectivity index (χ1n) is 1.99. The number of rotatable bonds is 0. The lowest BCUT2D eigenvalue weighted by Gasteiger charge is -1.73. The van der Waals surface area contributed by atoms with Crippen molar-refractivity contribution in [3.63, 3.8) is 0 Å². The van der Waals surface area contributed by atoms with Crippen LogP contribution in [0.4, 0.5) is 4.39 Å². The van der Waals surface area contributed by atoms with Crippen molar-refractivity contribution in [2.45, 2.75) is 6.92 Å². The fourth-order valence-electron chi connectivity index (χ4n) is 0.331. The maximum absolute atomic E-state index is 12.0. The zero-order valence-electron chi connectivity index (χ0n) is 4.11. The first-order valence-corrected chi connectivity index (χ1v) is 2.37. The number of nitrogens with zero attached hydrogens (tertiary/aromatic N) is 1. The molecule has 0 fully saturated rings. The number of halogens is 2. The molecule has 1 rings (SSSR count). The minimum atomic E-state index is -0.816. The van der Waals surface area contributed by atoms with Gasteiger partial charge in [-0.05, 0) is 6.92 Å². The lowest BCUT2D eigenvalue weighted by Crippen LogP contribution is -1.66. The second-order valence-corrected chi connectivity index (χ2v) is 1.73. The molecule has 1 aromatic heterocycles. The van der Waals surface area contributed by atoms with Gasteiger partial charge < -0.3 is 4.52 Å². The summed E-state index contributed by atoms with van der Waals surface area (Å²) in [4.78, 5) is 0. The number of aryl methyl sites for hydroxylation is 1. The summed E-state index contributed by atoms with van der Waals surface area (Å²) in [6, 6.07) is -0.816. The van der Waals surface area contributed by atoms with Gasteiger partial charge >= 0.3 is 6.01 Å². The summed E-state index contributed by atoms with van der Waals surface area (Å²) >= 11 is 5.26. The predicted octanol–water partition coefficient (Wildman–Crippen LogP) is 1.78. The Labute approximate surface area is 50.2 Å². The molecule has 1 aromatic rings. The lowest BCUT2D eigenvalue weighted by molar-refractivity contribution is 0.280. The monoisotopic (exact) mass is 135 g/mol. The van der Waals surface area contributed by atoms with Gasteiger partial charge in [0, 0.05) is 0 Å². The Bertz CT molecular complexity index is 178. The molecule has 0 amide bonds. The third-order valence-corrected chi connectivity index (χ3v) is 1.18. The summed E-state index contributed by atoms with van der Waals surface area (Å²) < 4.78 is 16.0. The molecule has 0 saturated heterocycles. The number of hydrogen-bond acceptors (Lipinski definition) is 2. The summed E-state index contributed by atoms with van der Waals surface area (Å²) in [5.41, 5.74) is 0.379. The van der Waals surface area contributed by atoms with Crippen LogP contribution in [0.15, 0.2) is 4.52 Å². The normalized spacial score (nSPS) is 9.88. The molecule has 0 spiro atoms. The summed E-state index contributed by atoms with van der Waals surface area (Å²) in [6.07, 6.45) is 0. The Morgan fingerprint density at radius 1 is 1.75 bits per heavy atom. The van der Waals surface area contributed by atoms with Crippen LogP contribution in [0.5, 0.6) is 0 Å². The van der Waals surface area contributed by atoms with Crippen LogP contribution in [0.2, 0.25) is 5.02 Å². The van der Waals surface area contributed by atoms with Crippen molar-refractivity contribution >= 4 is 11.6 Å². The topological polar surface area (TPSA) is 26.0 Å². The Kier molecular flexibility index (Phi) is 1.21. The minimum absolute atomic E-state index is 0.0370. The molecule has 8 heavy (non-hydrogen) atoms. The molecule has 0 aromatic carbocycles. The molecule has 2 nitrogen and oxygen atoms in total. The van der Waals surface area contributed by atoms with Crippen molar-refractivity contribution in [2.24, 2.45) is 0 Å². The molecule has 0 saturated carbocycles. The van der Waals surface area contributed by atoms with Crippen LogP contribution in [0.25, 0.3) is 0 Å². The SMILES string of the molecule is Cc1noc(F)c1Cl. The summed E-state index contributed by atoms with van der Waals surface area (Å²) in [7, 11) is 0. The van der Waals surface area contributed by atoms with Gasteiger partial charge in [-0.2, -0.15) is 4.39 Å². The third-order valence-electron chi connectivity index (χ3n) is 0.753. The molecule has 0 unspecified atom stereocenters. The van der Waals surface area contributed by atoms with E-state index < -0.39 is 6.01 Å². The highest BCUT2D eigenvalue weighted by atomic mass is 35.5. The molecule has 1 heterocycles. The molecule has 0 N–H and O–H groups in total. The van der Waals surface area contributed by atoms with E-state index in [1.807, 2.05) is 0 Å². The summed E-state index contributed by atoms with van der Waals surface area (Å²) in [5, 5.41) is 3.20. The van der Waals surface area contributed by atoms with Crippen molar-refractivity contribution in [1.29, 1.82) is 0 Å². The van der Waals surface area contributed by atoms with E-state index in [4.69, 9.17) is 11.6 Å². The molecule has 0 aliphatic carbocycles. The minimum Gasteiger partial charge on any atom is -0.324 e. The van der Waals surface area contributed by atoms with Crippen LogP contribution >= 0.6 is 11.6 Å². The molecule has 0 aliphatic rings.